The van der Waals surface area contributed by atoms with Gasteiger partial charge in [0.1, 0.15) is 11.5 Å². The van der Waals surface area contributed by atoms with Crippen molar-refractivity contribution in [2.75, 3.05) is 6.61 Å². The molecule has 0 radical (unpaired) electrons. The van der Waals surface area contributed by atoms with E-state index in [1.165, 1.54) is 57.8 Å². The van der Waals surface area contributed by atoms with Gasteiger partial charge < -0.3 is 9.26 Å². The van der Waals surface area contributed by atoms with Gasteiger partial charge in [-0.05, 0) is 52.1 Å². The summed E-state index contributed by atoms with van der Waals surface area (Å²) in [5.41, 5.74) is 4.15. The van der Waals surface area contributed by atoms with E-state index in [4.69, 9.17) is 9.26 Å². The molecule has 2 aromatic rings. The van der Waals surface area contributed by atoms with Crippen molar-refractivity contribution >= 4 is 23.8 Å². The van der Waals surface area contributed by atoms with E-state index in [9.17, 15) is 14.4 Å². The summed E-state index contributed by atoms with van der Waals surface area (Å²) in [6.45, 7) is 15.9. The van der Waals surface area contributed by atoms with Gasteiger partial charge in [0.25, 0.3) is 0 Å². The predicted octanol–water partition coefficient (Wildman–Crippen LogP) is 10.6. The van der Waals surface area contributed by atoms with E-state index < -0.39 is 7.82 Å². The van der Waals surface area contributed by atoms with Crippen LogP contribution >= 0.6 is 23.8 Å². The van der Waals surface area contributed by atoms with E-state index in [2.05, 4.69) is 76.5 Å². The lowest BCUT2D eigenvalue weighted by atomic mass is 9.76. The number of halogens is 1. The first-order chi connectivity index (χ1) is 18.7. The zero-order valence-electron chi connectivity index (χ0n) is 25.8. The highest BCUT2D eigenvalue weighted by Crippen LogP contribution is 2.48. The Morgan fingerprint density at radius 3 is 1.82 bits per heavy atom. The molecule has 0 aliphatic carbocycles. The van der Waals surface area contributed by atoms with Crippen LogP contribution in [0.1, 0.15) is 129 Å². The highest BCUT2D eigenvalue weighted by molar-refractivity contribution is 9.08. The zero-order chi connectivity index (χ0) is 30.0. The second-order valence-corrected chi connectivity index (χ2v) is 14.7. The SMILES string of the molecule is CCCCCCCCCCCCOc1cc(C(C)(C)C)c(-c2c(CBr)cccc2OP(=O)(O)O)cc1C(C)(C)C. The largest absolute Gasteiger partial charge is 0.524 e. The number of phosphoric ester groups is 1. The highest BCUT2D eigenvalue weighted by atomic mass is 79.9. The van der Waals surface area contributed by atoms with Crippen LogP contribution in [0.5, 0.6) is 11.5 Å². The number of alkyl halides is 1. The summed E-state index contributed by atoms with van der Waals surface area (Å²) in [6, 6.07) is 9.62. The first kappa shape index (κ1) is 34.9. The van der Waals surface area contributed by atoms with Crippen molar-refractivity contribution in [2.45, 2.75) is 129 Å². The molecule has 0 aromatic heterocycles. The Kier molecular flexibility index (Phi) is 13.7. The van der Waals surface area contributed by atoms with Crippen LogP contribution in [-0.4, -0.2) is 16.4 Å². The van der Waals surface area contributed by atoms with Gasteiger partial charge in [0, 0.05) is 16.5 Å². The van der Waals surface area contributed by atoms with Gasteiger partial charge in [-0.25, -0.2) is 4.57 Å². The van der Waals surface area contributed by atoms with Crippen molar-refractivity contribution in [3.8, 4) is 22.6 Å². The number of benzene rings is 2. The minimum Gasteiger partial charge on any atom is -0.493 e. The Morgan fingerprint density at radius 1 is 0.775 bits per heavy atom. The molecule has 2 N–H and O–H groups in total. The zero-order valence-corrected chi connectivity index (χ0v) is 28.3. The van der Waals surface area contributed by atoms with Crippen LogP contribution in [0.25, 0.3) is 11.1 Å². The van der Waals surface area contributed by atoms with Gasteiger partial charge in [-0.1, -0.05) is 134 Å². The van der Waals surface area contributed by atoms with Gasteiger partial charge in [-0.15, -0.1) is 0 Å². The van der Waals surface area contributed by atoms with E-state index >= 15 is 0 Å². The molecule has 0 aliphatic rings. The molecule has 0 saturated heterocycles. The Balaban J connectivity index is 2.34. The predicted molar refractivity (Wildman–Crippen MR) is 172 cm³/mol. The van der Waals surface area contributed by atoms with Gasteiger partial charge in [-0.3, -0.25) is 9.79 Å². The Bertz CT molecular complexity index is 1110. The van der Waals surface area contributed by atoms with Crippen LogP contribution in [0.3, 0.4) is 0 Å². The number of rotatable bonds is 16. The number of hydrogen-bond acceptors (Lipinski definition) is 3. The van der Waals surface area contributed by atoms with Crippen molar-refractivity contribution in [2.24, 2.45) is 0 Å². The summed E-state index contributed by atoms with van der Waals surface area (Å²) in [5.74, 6) is 1.06. The second kappa shape index (κ2) is 15.8. The van der Waals surface area contributed by atoms with Gasteiger partial charge in [0.2, 0.25) is 0 Å². The molecule has 0 unspecified atom stereocenters. The molecule has 2 aromatic carbocycles. The topological polar surface area (TPSA) is 76.0 Å². The van der Waals surface area contributed by atoms with Crippen molar-refractivity contribution in [1.29, 1.82) is 0 Å². The fourth-order valence-electron chi connectivity index (χ4n) is 5.08. The summed E-state index contributed by atoms with van der Waals surface area (Å²) in [5, 5.41) is 0.520. The van der Waals surface area contributed by atoms with Crippen LogP contribution in [-0.2, 0) is 20.7 Å². The van der Waals surface area contributed by atoms with Crippen LogP contribution in [0.2, 0.25) is 0 Å². The molecule has 0 saturated carbocycles. The molecule has 7 heteroatoms. The van der Waals surface area contributed by atoms with Gasteiger partial charge in [0.05, 0.1) is 6.61 Å². The monoisotopic (exact) mass is 638 g/mol. The lowest BCUT2D eigenvalue weighted by Crippen LogP contribution is -2.19. The first-order valence-corrected chi connectivity index (χ1v) is 17.6. The molecule has 0 atom stereocenters. The van der Waals surface area contributed by atoms with E-state index in [-0.39, 0.29) is 16.6 Å². The summed E-state index contributed by atoms with van der Waals surface area (Å²) in [6.07, 6.45) is 12.8. The minimum atomic E-state index is -4.75. The Labute approximate surface area is 251 Å². The highest BCUT2D eigenvalue weighted by Gasteiger charge is 2.30. The lowest BCUT2D eigenvalue weighted by Gasteiger charge is -2.30. The normalized spacial score (nSPS) is 12.6. The standard InChI is InChI=1S/C33H52BrO5P/c1-8-9-10-11-12-13-14-15-16-17-21-38-30-23-27(32(2,3)4)26(22-28(30)33(5,6)7)31-25(24-34)19-18-20-29(31)39-40(35,36)37/h18-20,22-23H,8-17,21,24H2,1-7H3,(H2,35,36,37). The molecule has 0 fully saturated rings. The maximum atomic E-state index is 11.9. The smallest absolute Gasteiger partial charge is 0.493 e. The fourth-order valence-corrected chi connectivity index (χ4v) is 5.96. The molecule has 0 spiro atoms. The maximum Gasteiger partial charge on any atom is 0.524 e. The lowest BCUT2D eigenvalue weighted by molar-refractivity contribution is 0.283. The van der Waals surface area contributed by atoms with Crippen molar-refractivity contribution in [3.05, 3.63) is 47.0 Å². The van der Waals surface area contributed by atoms with Crippen LogP contribution in [0.4, 0.5) is 0 Å². The Hall–Kier alpha value is -1.33. The minimum absolute atomic E-state index is 0.176. The molecule has 2 rings (SSSR count). The van der Waals surface area contributed by atoms with Crippen LogP contribution in [0, 0.1) is 0 Å². The molecule has 40 heavy (non-hydrogen) atoms. The van der Waals surface area contributed by atoms with E-state index in [0.717, 1.165) is 34.4 Å². The second-order valence-electron chi connectivity index (χ2n) is 12.9. The van der Waals surface area contributed by atoms with Gasteiger partial charge >= 0.3 is 7.82 Å². The number of hydrogen-bond donors (Lipinski definition) is 2. The summed E-state index contributed by atoms with van der Waals surface area (Å²) in [4.78, 5) is 19.3. The van der Waals surface area contributed by atoms with E-state index in [1.54, 1.807) is 12.1 Å². The number of ether oxygens (including phenoxy) is 1. The third-order valence-corrected chi connectivity index (χ3v) is 8.27. The number of unbranched alkanes of at least 4 members (excludes halogenated alkanes) is 9. The quantitative estimate of drug-likeness (QED) is 0.109. The molecular formula is C33H52BrO5P. The van der Waals surface area contributed by atoms with Gasteiger partial charge in [-0.2, -0.15) is 0 Å². The molecule has 226 valence electrons. The van der Waals surface area contributed by atoms with E-state index in [0.29, 0.717) is 17.5 Å². The summed E-state index contributed by atoms with van der Waals surface area (Å²) in [7, 11) is -4.75. The third-order valence-electron chi connectivity index (χ3n) is 7.23. The van der Waals surface area contributed by atoms with E-state index in [1.807, 2.05) is 6.07 Å². The van der Waals surface area contributed by atoms with Crippen molar-refractivity contribution < 1.29 is 23.6 Å². The molecular weight excluding hydrogens is 587 g/mol. The molecule has 5 nitrogen and oxygen atoms in total. The third kappa shape index (κ3) is 11.2. The van der Waals surface area contributed by atoms with Crippen molar-refractivity contribution in [3.63, 3.8) is 0 Å². The fraction of sp³-hybridized carbons (Fsp3) is 0.636. The number of phosphoric acid groups is 1. The molecule has 0 bridgehead atoms. The maximum absolute atomic E-state index is 11.9. The average Bonchev–Trinajstić information content (AvgIpc) is 2.84. The first-order valence-electron chi connectivity index (χ1n) is 14.9. The van der Waals surface area contributed by atoms with Crippen molar-refractivity contribution in [1.82, 2.24) is 0 Å². The molecule has 0 heterocycles. The van der Waals surface area contributed by atoms with Crippen LogP contribution < -0.4 is 9.26 Å². The van der Waals surface area contributed by atoms with Crippen LogP contribution in [0.15, 0.2) is 30.3 Å². The summed E-state index contributed by atoms with van der Waals surface area (Å²) < 4.78 is 23.5. The molecule has 0 aliphatic heterocycles. The molecule has 0 amide bonds. The Morgan fingerprint density at radius 2 is 1.32 bits per heavy atom. The van der Waals surface area contributed by atoms with Gasteiger partial charge in [0.15, 0.2) is 0 Å². The summed E-state index contributed by atoms with van der Waals surface area (Å²) >= 11 is 3.57. The average molecular weight is 640 g/mol.